The third-order valence-corrected chi connectivity index (χ3v) is 4.38. The van der Waals surface area contributed by atoms with Gasteiger partial charge in [0.15, 0.2) is 0 Å². The van der Waals surface area contributed by atoms with E-state index in [1.807, 2.05) is 0 Å². The summed E-state index contributed by atoms with van der Waals surface area (Å²) < 4.78 is 34.5. The number of hydrogen-bond donors (Lipinski definition) is 0. The smallest absolute Gasteiger partial charge is 0.261 e. The first-order valence-corrected chi connectivity index (χ1v) is 8.37. The van der Waals surface area contributed by atoms with Gasteiger partial charge in [-0.3, -0.25) is 14.5 Å². The Balaban J connectivity index is 1.78. The van der Waals surface area contributed by atoms with Gasteiger partial charge in [0.05, 0.1) is 11.1 Å². The number of nitrogens with zero attached hydrogens (tertiary/aromatic N) is 1. The highest BCUT2D eigenvalue weighted by Crippen LogP contribution is 2.22. The highest BCUT2D eigenvalue weighted by atomic mass is 32.3. The molecular formula is C12H12NO6S2-. The first-order chi connectivity index (χ1) is 9.90. The Bertz CT molecular complexity index is 622. The molecule has 2 amide bonds. The largest absolute Gasteiger partial charge is 0.725 e. The minimum Gasteiger partial charge on any atom is -0.725 e. The van der Waals surface area contributed by atoms with Crippen LogP contribution in [0.4, 0.5) is 0 Å². The molecule has 114 valence electrons. The lowest BCUT2D eigenvalue weighted by molar-refractivity contribution is 0.0652. The Morgan fingerprint density at radius 2 is 1.67 bits per heavy atom. The van der Waals surface area contributed by atoms with Crippen LogP contribution in [0.2, 0.25) is 0 Å². The topological polar surface area (TPSA) is 104 Å². The molecule has 1 aromatic carbocycles. The van der Waals surface area contributed by atoms with Gasteiger partial charge in [0.2, 0.25) is 10.4 Å². The molecule has 0 fully saturated rings. The van der Waals surface area contributed by atoms with Crippen molar-refractivity contribution in [3.63, 3.8) is 0 Å². The van der Waals surface area contributed by atoms with E-state index in [-0.39, 0.29) is 24.1 Å². The van der Waals surface area contributed by atoms with Crippen LogP contribution in [0.1, 0.15) is 33.6 Å². The maximum atomic E-state index is 12.0. The Labute approximate surface area is 126 Å². The number of fused-ring (bicyclic) bond motifs is 1. The fourth-order valence-electron chi connectivity index (χ4n) is 1.97. The Morgan fingerprint density at radius 3 is 2.19 bits per heavy atom. The molecule has 1 aromatic rings. The van der Waals surface area contributed by atoms with Gasteiger partial charge in [0.25, 0.3) is 11.8 Å². The summed E-state index contributed by atoms with van der Waals surface area (Å²) in [6.07, 6.45) is 1.01. The van der Waals surface area contributed by atoms with E-state index in [0.29, 0.717) is 36.0 Å². The lowest BCUT2D eigenvalue weighted by Crippen LogP contribution is -2.30. The van der Waals surface area contributed by atoms with E-state index in [1.54, 1.807) is 24.3 Å². The number of hydrogen-bond acceptors (Lipinski definition) is 7. The lowest BCUT2D eigenvalue weighted by Gasteiger charge is -2.13. The minimum atomic E-state index is -4.69. The van der Waals surface area contributed by atoms with E-state index in [1.165, 1.54) is 4.90 Å². The summed E-state index contributed by atoms with van der Waals surface area (Å²) in [5.41, 5.74) is 0.801. The summed E-state index contributed by atoms with van der Waals surface area (Å²) in [7, 11) is -4.69. The second kappa shape index (κ2) is 6.56. The van der Waals surface area contributed by atoms with Crippen molar-refractivity contribution in [2.75, 3.05) is 12.3 Å². The van der Waals surface area contributed by atoms with Gasteiger partial charge in [-0.05, 0) is 25.0 Å². The molecule has 0 bridgehead atoms. The number of carbonyl (C=O) groups excluding carboxylic acids is 2. The van der Waals surface area contributed by atoms with Gasteiger partial charge >= 0.3 is 0 Å². The number of imide groups is 1. The van der Waals surface area contributed by atoms with Crippen molar-refractivity contribution in [2.24, 2.45) is 0 Å². The fourth-order valence-corrected chi connectivity index (χ4v) is 3.03. The van der Waals surface area contributed by atoms with Gasteiger partial charge in [0, 0.05) is 24.3 Å². The molecule has 0 atom stereocenters. The molecule has 1 aliphatic heterocycles. The van der Waals surface area contributed by atoms with Crippen LogP contribution in [-0.4, -0.2) is 42.0 Å². The van der Waals surface area contributed by atoms with Crippen LogP contribution < -0.4 is 0 Å². The van der Waals surface area contributed by atoms with Crippen molar-refractivity contribution in [2.45, 2.75) is 12.8 Å². The standard InChI is InChI=1S/C12H13NO6S2/c14-11-9-5-1-2-6-10(9)12(15)13(11)7-3-4-8-20-19-21(16,17)18/h1-2,5-6H,3-4,7-8H2,(H,16,17,18)/p-1. The molecule has 1 aliphatic rings. The van der Waals surface area contributed by atoms with Crippen molar-refractivity contribution >= 4 is 34.3 Å². The molecule has 21 heavy (non-hydrogen) atoms. The Hall–Kier alpha value is -1.42. The molecular weight excluding hydrogens is 318 g/mol. The highest BCUT2D eigenvalue weighted by Gasteiger charge is 2.34. The summed E-state index contributed by atoms with van der Waals surface area (Å²) in [5.74, 6) is -0.353. The molecule has 0 N–H and O–H groups in total. The van der Waals surface area contributed by atoms with Gasteiger partial charge in [-0.25, -0.2) is 12.0 Å². The lowest BCUT2D eigenvalue weighted by atomic mass is 10.1. The van der Waals surface area contributed by atoms with E-state index in [0.717, 1.165) is 0 Å². The molecule has 7 nitrogen and oxygen atoms in total. The van der Waals surface area contributed by atoms with Crippen molar-refractivity contribution < 1.29 is 26.2 Å². The summed E-state index contributed by atoms with van der Waals surface area (Å²) in [6, 6.07) is 6.62. The molecule has 0 radical (unpaired) electrons. The van der Waals surface area contributed by atoms with E-state index >= 15 is 0 Å². The average Bonchev–Trinajstić information content (AvgIpc) is 2.66. The van der Waals surface area contributed by atoms with E-state index in [9.17, 15) is 22.6 Å². The number of amides is 2. The van der Waals surface area contributed by atoms with Crippen LogP contribution in [0.5, 0.6) is 0 Å². The predicted molar refractivity (Wildman–Crippen MR) is 74.3 cm³/mol. The molecule has 0 saturated heterocycles. The van der Waals surface area contributed by atoms with E-state index in [4.69, 9.17) is 0 Å². The van der Waals surface area contributed by atoms with Crippen LogP contribution in [-0.2, 0) is 14.0 Å². The minimum absolute atomic E-state index is 0.247. The van der Waals surface area contributed by atoms with E-state index < -0.39 is 10.4 Å². The monoisotopic (exact) mass is 330 g/mol. The van der Waals surface area contributed by atoms with Crippen LogP contribution in [0, 0.1) is 0 Å². The Morgan fingerprint density at radius 1 is 1.10 bits per heavy atom. The molecule has 0 aromatic heterocycles. The SMILES string of the molecule is O=C1c2ccccc2C(=O)N1CCCCSOS(=O)(=O)[O-]. The zero-order valence-electron chi connectivity index (χ0n) is 10.9. The second-order valence-corrected chi connectivity index (χ2v) is 6.32. The van der Waals surface area contributed by atoms with Crippen LogP contribution in [0.15, 0.2) is 24.3 Å². The molecule has 0 saturated carbocycles. The van der Waals surface area contributed by atoms with Crippen molar-refractivity contribution in [1.82, 2.24) is 4.90 Å². The zero-order valence-corrected chi connectivity index (χ0v) is 12.5. The number of unbranched alkanes of at least 4 members (excludes halogenated alkanes) is 1. The van der Waals surface area contributed by atoms with Crippen molar-refractivity contribution in [3.05, 3.63) is 35.4 Å². The molecule has 0 unspecified atom stereocenters. The third kappa shape index (κ3) is 4.03. The summed E-state index contributed by atoms with van der Waals surface area (Å²) >= 11 is 0.543. The maximum absolute atomic E-state index is 12.0. The maximum Gasteiger partial charge on any atom is 0.261 e. The normalized spacial score (nSPS) is 14.6. The molecule has 0 spiro atoms. The van der Waals surface area contributed by atoms with Crippen molar-refractivity contribution in [3.8, 4) is 0 Å². The third-order valence-electron chi connectivity index (χ3n) is 2.87. The van der Waals surface area contributed by atoms with Gasteiger partial charge < -0.3 is 4.55 Å². The molecule has 1 heterocycles. The number of carbonyl (C=O) groups is 2. The molecule has 9 heteroatoms. The van der Waals surface area contributed by atoms with Crippen LogP contribution in [0.3, 0.4) is 0 Å². The summed E-state index contributed by atoms with van der Waals surface area (Å²) in [6.45, 7) is 0.247. The summed E-state index contributed by atoms with van der Waals surface area (Å²) in [5, 5.41) is 0. The fraction of sp³-hybridized carbons (Fsp3) is 0.333. The highest BCUT2D eigenvalue weighted by molar-refractivity contribution is 8.02. The zero-order chi connectivity index (χ0) is 15.5. The molecule has 0 aliphatic carbocycles. The van der Waals surface area contributed by atoms with E-state index in [2.05, 4.69) is 3.63 Å². The van der Waals surface area contributed by atoms with Crippen LogP contribution in [0.25, 0.3) is 0 Å². The van der Waals surface area contributed by atoms with Gasteiger partial charge in [-0.15, -0.1) is 0 Å². The first kappa shape index (κ1) is 16.0. The predicted octanol–water partition coefficient (Wildman–Crippen LogP) is 1.19. The van der Waals surface area contributed by atoms with Crippen molar-refractivity contribution in [1.29, 1.82) is 0 Å². The molecule has 2 rings (SSSR count). The second-order valence-electron chi connectivity index (χ2n) is 4.31. The first-order valence-electron chi connectivity index (χ1n) is 6.12. The number of benzene rings is 1. The number of rotatable bonds is 7. The average molecular weight is 330 g/mol. The van der Waals surface area contributed by atoms with Gasteiger partial charge in [0.1, 0.15) is 0 Å². The van der Waals surface area contributed by atoms with Gasteiger partial charge in [-0.2, -0.15) is 0 Å². The Kier molecular flexibility index (Phi) is 4.99. The summed E-state index contributed by atoms with van der Waals surface area (Å²) in [4.78, 5) is 25.2. The van der Waals surface area contributed by atoms with Crippen LogP contribution >= 0.6 is 12.0 Å². The quantitative estimate of drug-likeness (QED) is 0.243. The van der Waals surface area contributed by atoms with Gasteiger partial charge in [-0.1, -0.05) is 12.1 Å².